The molecule has 24 heavy (non-hydrogen) atoms. The molecule has 0 saturated heterocycles. The highest BCUT2D eigenvalue weighted by atomic mass is 32.2. The average molecular weight is 342 g/mol. The summed E-state index contributed by atoms with van der Waals surface area (Å²) in [6, 6.07) is 14.2. The summed E-state index contributed by atoms with van der Waals surface area (Å²) >= 11 is 1.27. The molecule has 0 spiro atoms. The Hall–Kier alpha value is -2.67. The Kier molecular flexibility index (Phi) is 4.90. The lowest BCUT2D eigenvalue weighted by atomic mass is 10.2. The van der Waals surface area contributed by atoms with E-state index in [4.69, 9.17) is 0 Å². The third kappa shape index (κ3) is 3.80. The van der Waals surface area contributed by atoms with E-state index in [0.717, 1.165) is 5.69 Å². The van der Waals surface area contributed by atoms with Gasteiger partial charge in [-0.05, 0) is 36.8 Å². The Balaban J connectivity index is 1.63. The highest BCUT2D eigenvalue weighted by Crippen LogP contribution is 2.20. The molecule has 1 aromatic heterocycles. The Morgan fingerprint density at radius 2 is 2.04 bits per heavy atom. The smallest absolute Gasteiger partial charge is 0.234 e. The molecular formula is C17H15FN4OS. The van der Waals surface area contributed by atoms with Crippen molar-refractivity contribution in [2.45, 2.75) is 12.1 Å². The molecule has 1 amide bonds. The summed E-state index contributed by atoms with van der Waals surface area (Å²) in [6.07, 6.45) is 1.60. The molecule has 1 heterocycles. The van der Waals surface area contributed by atoms with Crippen LogP contribution < -0.4 is 5.32 Å². The summed E-state index contributed by atoms with van der Waals surface area (Å²) in [7, 11) is 0. The largest absolute Gasteiger partial charge is 0.325 e. The fourth-order valence-corrected chi connectivity index (χ4v) is 2.82. The number of anilines is 1. The molecule has 0 bridgehead atoms. The average Bonchev–Trinajstić information content (AvgIpc) is 3.06. The molecule has 0 aliphatic carbocycles. The van der Waals surface area contributed by atoms with Crippen molar-refractivity contribution >= 4 is 23.4 Å². The number of hydrogen-bond donors (Lipinski definition) is 1. The van der Waals surface area contributed by atoms with Crippen molar-refractivity contribution in [1.29, 1.82) is 0 Å². The lowest BCUT2D eigenvalue weighted by Crippen LogP contribution is -2.14. The minimum atomic E-state index is -0.343. The Morgan fingerprint density at radius 1 is 1.25 bits per heavy atom. The topological polar surface area (TPSA) is 59.8 Å². The zero-order chi connectivity index (χ0) is 16.9. The number of aryl methyl sites for hydroxylation is 1. The summed E-state index contributed by atoms with van der Waals surface area (Å²) in [5.74, 6) is -0.420. The number of halogens is 1. The molecule has 0 aliphatic rings. The van der Waals surface area contributed by atoms with Crippen LogP contribution in [0.1, 0.15) is 5.56 Å². The molecular weight excluding hydrogens is 327 g/mol. The van der Waals surface area contributed by atoms with E-state index in [9.17, 15) is 9.18 Å². The number of carbonyl (C=O) groups is 1. The number of amides is 1. The first-order valence-corrected chi connectivity index (χ1v) is 8.26. The number of nitrogens with one attached hydrogen (secondary N) is 1. The van der Waals surface area contributed by atoms with Crippen molar-refractivity contribution in [1.82, 2.24) is 14.8 Å². The van der Waals surface area contributed by atoms with Crippen molar-refractivity contribution in [3.05, 3.63) is 66.2 Å². The predicted molar refractivity (Wildman–Crippen MR) is 91.8 cm³/mol. The minimum absolute atomic E-state index is 0.154. The van der Waals surface area contributed by atoms with Gasteiger partial charge in [-0.1, -0.05) is 36.0 Å². The van der Waals surface area contributed by atoms with Gasteiger partial charge in [-0.3, -0.25) is 9.36 Å². The second-order valence-corrected chi connectivity index (χ2v) is 6.06. The Bertz CT molecular complexity index is 851. The minimum Gasteiger partial charge on any atom is -0.325 e. The fourth-order valence-electron chi connectivity index (χ4n) is 2.09. The van der Waals surface area contributed by atoms with Gasteiger partial charge in [0.25, 0.3) is 0 Å². The van der Waals surface area contributed by atoms with Crippen LogP contribution in [-0.4, -0.2) is 26.4 Å². The molecule has 0 fully saturated rings. The summed E-state index contributed by atoms with van der Waals surface area (Å²) in [4.78, 5) is 12.0. The SMILES string of the molecule is Cc1ccc(NC(=O)CSc2nncn2-c2ccccc2)cc1F. The highest BCUT2D eigenvalue weighted by Gasteiger charge is 2.10. The fraction of sp³-hybridized carbons (Fsp3) is 0.118. The van der Waals surface area contributed by atoms with Gasteiger partial charge >= 0.3 is 0 Å². The molecule has 3 rings (SSSR count). The van der Waals surface area contributed by atoms with Crippen LogP contribution in [-0.2, 0) is 4.79 Å². The number of nitrogens with zero attached hydrogens (tertiary/aromatic N) is 3. The van der Waals surface area contributed by atoms with Gasteiger partial charge < -0.3 is 5.32 Å². The second kappa shape index (κ2) is 7.27. The van der Waals surface area contributed by atoms with E-state index in [-0.39, 0.29) is 17.5 Å². The van der Waals surface area contributed by atoms with Gasteiger partial charge in [-0.15, -0.1) is 10.2 Å². The quantitative estimate of drug-likeness (QED) is 0.722. The normalized spacial score (nSPS) is 10.6. The van der Waals surface area contributed by atoms with E-state index in [2.05, 4.69) is 15.5 Å². The first-order valence-electron chi connectivity index (χ1n) is 7.28. The maximum atomic E-state index is 13.5. The van der Waals surface area contributed by atoms with Crippen LogP contribution in [0.3, 0.4) is 0 Å². The van der Waals surface area contributed by atoms with Crippen LogP contribution in [0.25, 0.3) is 5.69 Å². The number of benzene rings is 2. The van der Waals surface area contributed by atoms with Crippen molar-refractivity contribution in [2.75, 3.05) is 11.1 Å². The maximum Gasteiger partial charge on any atom is 0.234 e. The van der Waals surface area contributed by atoms with Crippen LogP contribution in [0.15, 0.2) is 60.0 Å². The van der Waals surface area contributed by atoms with Crippen molar-refractivity contribution in [3.8, 4) is 5.69 Å². The van der Waals surface area contributed by atoms with Crippen molar-refractivity contribution in [3.63, 3.8) is 0 Å². The van der Waals surface area contributed by atoms with Crippen LogP contribution in [0, 0.1) is 12.7 Å². The van der Waals surface area contributed by atoms with E-state index in [1.54, 1.807) is 25.4 Å². The van der Waals surface area contributed by atoms with E-state index in [1.807, 2.05) is 34.9 Å². The number of rotatable bonds is 5. The molecule has 0 saturated carbocycles. The maximum absolute atomic E-state index is 13.5. The predicted octanol–water partition coefficient (Wildman–Crippen LogP) is 3.45. The summed E-state index contributed by atoms with van der Waals surface area (Å²) in [6.45, 7) is 1.67. The monoisotopic (exact) mass is 342 g/mol. The molecule has 7 heteroatoms. The third-order valence-electron chi connectivity index (χ3n) is 3.34. The molecule has 0 unspecified atom stereocenters. The molecule has 0 radical (unpaired) electrons. The van der Waals surface area contributed by atoms with Gasteiger partial charge in [0.15, 0.2) is 5.16 Å². The first kappa shape index (κ1) is 16.2. The number of para-hydroxylation sites is 1. The zero-order valence-corrected chi connectivity index (χ0v) is 13.8. The van der Waals surface area contributed by atoms with Gasteiger partial charge in [0.1, 0.15) is 12.1 Å². The molecule has 0 atom stereocenters. The number of hydrogen-bond acceptors (Lipinski definition) is 4. The summed E-state index contributed by atoms with van der Waals surface area (Å²) < 4.78 is 15.3. The van der Waals surface area contributed by atoms with Gasteiger partial charge in [0.05, 0.1) is 5.75 Å². The van der Waals surface area contributed by atoms with Crippen LogP contribution >= 0.6 is 11.8 Å². The van der Waals surface area contributed by atoms with Crippen LogP contribution in [0.2, 0.25) is 0 Å². The molecule has 3 aromatic rings. The Morgan fingerprint density at radius 3 is 2.79 bits per heavy atom. The zero-order valence-electron chi connectivity index (χ0n) is 12.9. The van der Waals surface area contributed by atoms with Crippen LogP contribution in [0.4, 0.5) is 10.1 Å². The lowest BCUT2D eigenvalue weighted by molar-refractivity contribution is -0.113. The molecule has 122 valence electrons. The summed E-state index contributed by atoms with van der Waals surface area (Å²) in [5.41, 5.74) is 1.90. The van der Waals surface area contributed by atoms with E-state index < -0.39 is 0 Å². The van der Waals surface area contributed by atoms with Gasteiger partial charge in [0, 0.05) is 11.4 Å². The van der Waals surface area contributed by atoms with E-state index >= 15 is 0 Å². The van der Waals surface area contributed by atoms with Crippen LogP contribution in [0.5, 0.6) is 0 Å². The third-order valence-corrected chi connectivity index (χ3v) is 4.28. The van der Waals surface area contributed by atoms with Crippen molar-refractivity contribution in [2.24, 2.45) is 0 Å². The van der Waals surface area contributed by atoms with E-state index in [0.29, 0.717) is 16.4 Å². The molecule has 2 aromatic carbocycles. The van der Waals surface area contributed by atoms with Gasteiger partial charge in [-0.25, -0.2) is 4.39 Å². The summed E-state index contributed by atoms with van der Waals surface area (Å²) in [5, 5.41) is 11.2. The number of aromatic nitrogens is 3. The van der Waals surface area contributed by atoms with Crippen molar-refractivity contribution < 1.29 is 9.18 Å². The van der Waals surface area contributed by atoms with Gasteiger partial charge in [-0.2, -0.15) is 0 Å². The highest BCUT2D eigenvalue weighted by molar-refractivity contribution is 7.99. The first-order chi connectivity index (χ1) is 11.6. The molecule has 5 nitrogen and oxygen atoms in total. The number of thioether (sulfide) groups is 1. The molecule has 0 aliphatic heterocycles. The van der Waals surface area contributed by atoms with Gasteiger partial charge in [0.2, 0.25) is 5.91 Å². The number of carbonyl (C=O) groups excluding carboxylic acids is 1. The molecule has 1 N–H and O–H groups in total. The Labute approximate surface area is 142 Å². The second-order valence-electron chi connectivity index (χ2n) is 5.12. The lowest BCUT2D eigenvalue weighted by Gasteiger charge is -2.07. The standard InChI is InChI=1S/C17H15FN4OS/c1-12-7-8-13(9-15(12)18)20-16(23)10-24-17-21-19-11-22(17)14-5-3-2-4-6-14/h2-9,11H,10H2,1H3,(H,20,23). The van der Waals surface area contributed by atoms with E-state index in [1.165, 1.54) is 17.8 Å².